The molecule has 0 spiro atoms. The summed E-state index contributed by atoms with van der Waals surface area (Å²) < 4.78 is 6.32. The fourth-order valence-corrected chi connectivity index (χ4v) is 1.36. The number of carbonyl (C=O) groups excluding carboxylic acids is 2. The number of aromatic nitrogens is 3. The molecule has 0 aliphatic rings. The summed E-state index contributed by atoms with van der Waals surface area (Å²) in [5.41, 5.74) is 5.64. The second kappa shape index (κ2) is 5.42. The summed E-state index contributed by atoms with van der Waals surface area (Å²) in [6.07, 6.45) is 0.751. The van der Waals surface area contributed by atoms with E-state index >= 15 is 0 Å². The third-order valence-electron chi connectivity index (χ3n) is 2.32. The number of amides is 1. The number of carbonyl (C=O) groups is 2. The van der Waals surface area contributed by atoms with Gasteiger partial charge in [0, 0.05) is 0 Å². The molecule has 0 fully saturated rings. The van der Waals surface area contributed by atoms with E-state index in [-0.39, 0.29) is 5.69 Å². The topological polar surface area (TPSA) is 100 Å². The number of primary amides is 1. The molecule has 2 N–H and O–H groups in total. The first-order valence-corrected chi connectivity index (χ1v) is 5.37. The Bertz CT molecular complexity index is 427. The van der Waals surface area contributed by atoms with Gasteiger partial charge in [0.15, 0.2) is 5.69 Å². The van der Waals surface area contributed by atoms with Crippen molar-refractivity contribution in [2.45, 2.75) is 33.2 Å². The average Bonchev–Trinajstić information content (AvgIpc) is 2.67. The van der Waals surface area contributed by atoms with Crippen LogP contribution in [0.1, 0.15) is 42.5 Å². The van der Waals surface area contributed by atoms with Crippen LogP contribution in [0.3, 0.4) is 0 Å². The van der Waals surface area contributed by atoms with Gasteiger partial charge in [-0.3, -0.25) is 4.79 Å². The van der Waals surface area contributed by atoms with Crippen molar-refractivity contribution in [3.8, 4) is 0 Å². The third-order valence-corrected chi connectivity index (χ3v) is 2.32. The molecule has 17 heavy (non-hydrogen) atoms. The molecule has 0 bridgehead atoms. The van der Waals surface area contributed by atoms with Crippen LogP contribution >= 0.6 is 0 Å². The summed E-state index contributed by atoms with van der Waals surface area (Å²) in [5, 5.41) is 7.36. The number of ether oxygens (including phenoxy) is 1. The molecule has 7 heteroatoms. The first-order chi connectivity index (χ1) is 7.99. The van der Waals surface area contributed by atoms with Crippen LogP contribution in [0.15, 0.2) is 0 Å². The largest absolute Gasteiger partial charge is 0.464 e. The van der Waals surface area contributed by atoms with Crippen LogP contribution in [0, 0.1) is 6.92 Å². The lowest BCUT2D eigenvalue weighted by molar-refractivity contribution is -0.147. The molecule has 0 aliphatic carbocycles. The maximum Gasteiger partial charge on any atom is 0.330 e. The molecule has 1 aromatic heterocycles. The number of hydrogen-bond acceptors (Lipinski definition) is 5. The van der Waals surface area contributed by atoms with Gasteiger partial charge in [-0.25, -0.2) is 9.48 Å². The highest BCUT2D eigenvalue weighted by Crippen LogP contribution is 2.12. The van der Waals surface area contributed by atoms with Gasteiger partial charge >= 0.3 is 5.97 Å². The van der Waals surface area contributed by atoms with Gasteiger partial charge in [0.05, 0.1) is 12.3 Å². The van der Waals surface area contributed by atoms with Crippen molar-refractivity contribution in [1.82, 2.24) is 15.0 Å². The van der Waals surface area contributed by atoms with Gasteiger partial charge in [-0.2, -0.15) is 0 Å². The highest BCUT2D eigenvalue weighted by molar-refractivity contribution is 5.91. The highest BCUT2D eigenvalue weighted by Gasteiger charge is 2.22. The third kappa shape index (κ3) is 2.80. The van der Waals surface area contributed by atoms with Gasteiger partial charge < -0.3 is 10.5 Å². The molecule has 0 aliphatic heterocycles. The standard InChI is InChI=1S/C10H16N4O3/c1-4-5-17-10(16)7(3)14-6(2)8(9(11)15)12-13-14/h7H,4-5H2,1-3H3,(H2,11,15). The van der Waals surface area contributed by atoms with Crippen molar-refractivity contribution in [2.75, 3.05) is 6.61 Å². The first-order valence-electron chi connectivity index (χ1n) is 5.37. The lowest BCUT2D eigenvalue weighted by atomic mass is 10.3. The zero-order valence-corrected chi connectivity index (χ0v) is 10.1. The van der Waals surface area contributed by atoms with Crippen molar-refractivity contribution in [3.05, 3.63) is 11.4 Å². The lowest BCUT2D eigenvalue weighted by Gasteiger charge is -2.12. The molecule has 1 unspecified atom stereocenters. The minimum absolute atomic E-state index is 0.0696. The van der Waals surface area contributed by atoms with E-state index in [0.717, 1.165) is 6.42 Å². The van der Waals surface area contributed by atoms with Crippen molar-refractivity contribution in [2.24, 2.45) is 5.73 Å². The summed E-state index contributed by atoms with van der Waals surface area (Å²) in [4.78, 5) is 22.6. The summed E-state index contributed by atoms with van der Waals surface area (Å²) in [6.45, 7) is 5.53. The summed E-state index contributed by atoms with van der Waals surface area (Å²) >= 11 is 0. The van der Waals surface area contributed by atoms with Gasteiger partial charge in [-0.15, -0.1) is 5.10 Å². The molecule has 1 amide bonds. The number of hydrogen-bond donors (Lipinski definition) is 1. The van der Waals surface area contributed by atoms with Crippen LogP contribution in [0.25, 0.3) is 0 Å². The Morgan fingerprint density at radius 1 is 1.53 bits per heavy atom. The molecular formula is C10H16N4O3. The van der Waals surface area contributed by atoms with Crippen LogP contribution in [0.2, 0.25) is 0 Å². The van der Waals surface area contributed by atoms with Crippen molar-refractivity contribution >= 4 is 11.9 Å². The molecule has 0 saturated heterocycles. The fourth-order valence-electron chi connectivity index (χ4n) is 1.36. The van der Waals surface area contributed by atoms with E-state index in [2.05, 4.69) is 10.3 Å². The normalized spacial score (nSPS) is 12.2. The number of nitrogens with zero attached hydrogens (tertiary/aromatic N) is 3. The maximum absolute atomic E-state index is 11.6. The van der Waals surface area contributed by atoms with Crippen LogP contribution in [-0.2, 0) is 9.53 Å². The molecule has 0 aromatic carbocycles. The van der Waals surface area contributed by atoms with Gasteiger partial charge in [0.2, 0.25) is 0 Å². The predicted molar refractivity (Wildman–Crippen MR) is 59.2 cm³/mol. The molecule has 0 radical (unpaired) electrons. The fraction of sp³-hybridized carbons (Fsp3) is 0.600. The van der Waals surface area contributed by atoms with E-state index in [1.165, 1.54) is 4.68 Å². The molecular weight excluding hydrogens is 224 g/mol. The zero-order valence-electron chi connectivity index (χ0n) is 10.1. The average molecular weight is 240 g/mol. The van der Waals surface area contributed by atoms with E-state index < -0.39 is 17.9 Å². The Labute approximate surface area is 98.9 Å². The quantitative estimate of drug-likeness (QED) is 0.741. The van der Waals surface area contributed by atoms with Crippen LogP contribution in [-0.4, -0.2) is 33.5 Å². The molecule has 1 rings (SSSR count). The maximum atomic E-state index is 11.6. The first kappa shape index (κ1) is 13.1. The number of esters is 1. The summed E-state index contributed by atoms with van der Waals surface area (Å²) in [5.74, 6) is -1.07. The smallest absolute Gasteiger partial charge is 0.330 e. The Morgan fingerprint density at radius 2 is 2.18 bits per heavy atom. The van der Waals surface area contributed by atoms with Crippen molar-refractivity contribution in [3.63, 3.8) is 0 Å². The van der Waals surface area contributed by atoms with Gasteiger partial charge in [0.1, 0.15) is 6.04 Å². The Hall–Kier alpha value is -1.92. The van der Waals surface area contributed by atoms with Gasteiger partial charge in [-0.1, -0.05) is 12.1 Å². The van der Waals surface area contributed by atoms with E-state index in [1.54, 1.807) is 13.8 Å². The Morgan fingerprint density at radius 3 is 2.65 bits per heavy atom. The Kier molecular flexibility index (Phi) is 4.19. The van der Waals surface area contributed by atoms with Crippen LogP contribution < -0.4 is 5.73 Å². The van der Waals surface area contributed by atoms with E-state index in [4.69, 9.17) is 10.5 Å². The molecule has 1 atom stereocenters. The number of rotatable bonds is 5. The minimum atomic E-state index is -0.664. The summed E-state index contributed by atoms with van der Waals surface area (Å²) in [6, 6.07) is -0.623. The van der Waals surface area contributed by atoms with Gasteiger partial charge in [-0.05, 0) is 20.3 Å². The summed E-state index contributed by atoms with van der Waals surface area (Å²) in [7, 11) is 0. The molecule has 1 aromatic rings. The minimum Gasteiger partial charge on any atom is -0.464 e. The Balaban J connectivity index is 2.86. The van der Waals surface area contributed by atoms with Crippen LogP contribution in [0.5, 0.6) is 0 Å². The van der Waals surface area contributed by atoms with E-state index in [0.29, 0.717) is 12.3 Å². The lowest BCUT2D eigenvalue weighted by Crippen LogP contribution is -2.22. The van der Waals surface area contributed by atoms with Crippen LogP contribution in [0.4, 0.5) is 0 Å². The van der Waals surface area contributed by atoms with Crippen molar-refractivity contribution in [1.29, 1.82) is 0 Å². The zero-order chi connectivity index (χ0) is 13.0. The molecule has 94 valence electrons. The molecule has 7 nitrogen and oxygen atoms in total. The van der Waals surface area contributed by atoms with E-state index in [1.807, 2.05) is 6.92 Å². The monoisotopic (exact) mass is 240 g/mol. The molecule has 1 heterocycles. The van der Waals surface area contributed by atoms with E-state index in [9.17, 15) is 9.59 Å². The second-order valence-corrected chi connectivity index (χ2v) is 3.68. The number of nitrogens with two attached hydrogens (primary N) is 1. The highest BCUT2D eigenvalue weighted by atomic mass is 16.5. The second-order valence-electron chi connectivity index (χ2n) is 3.68. The predicted octanol–water partition coefficient (Wildman–Crippen LogP) is 0.200. The van der Waals surface area contributed by atoms with Gasteiger partial charge in [0.25, 0.3) is 5.91 Å². The molecule has 0 saturated carbocycles. The SMILES string of the molecule is CCCOC(=O)C(C)n1nnc(C(N)=O)c1C. The van der Waals surface area contributed by atoms with Crippen molar-refractivity contribution < 1.29 is 14.3 Å².